The summed E-state index contributed by atoms with van der Waals surface area (Å²) in [7, 11) is -4.94. The zero-order valence-corrected chi connectivity index (χ0v) is 18.1. The van der Waals surface area contributed by atoms with Gasteiger partial charge in [0.15, 0.2) is 5.13 Å². The van der Waals surface area contributed by atoms with Gasteiger partial charge in [-0.2, -0.15) is 8.42 Å². The predicted octanol–water partition coefficient (Wildman–Crippen LogP) is -1.04. The highest BCUT2D eigenvalue weighted by atomic mass is 32.2. The Labute approximate surface area is 183 Å². The van der Waals surface area contributed by atoms with Crippen molar-refractivity contribution in [3.8, 4) is 0 Å². The molecule has 0 saturated carbocycles. The van der Waals surface area contributed by atoms with E-state index >= 15 is 0 Å². The Morgan fingerprint density at radius 3 is 2.65 bits per heavy atom. The van der Waals surface area contributed by atoms with Crippen LogP contribution >= 0.6 is 23.1 Å². The lowest BCUT2D eigenvalue weighted by Gasteiger charge is -2.49. The maximum Gasteiger partial charge on any atom is 0.352 e. The van der Waals surface area contributed by atoms with Crippen LogP contribution in [0.15, 0.2) is 16.7 Å². The van der Waals surface area contributed by atoms with E-state index in [1.54, 1.807) is 0 Å². The van der Waals surface area contributed by atoms with Crippen LogP contribution < -0.4 is 11.1 Å². The van der Waals surface area contributed by atoms with Gasteiger partial charge in [0.2, 0.25) is 11.2 Å². The molecule has 0 aromatic carbocycles. The van der Waals surface area contributed by atoms with E-state index in [0.717, 1.165) is 34.9 Å². The average molecular weight is 493 g/mol. The summed E-state index contributed by atoms with van der Waals surface area (Å²) in [5.74, 6) is -3.95. The summed E-state index contributed by atoms with van der Waals surface area (Å²) in [6, 6.07) is -1.23. The molecule has 1 fully saturated rings. The van der Waals surface area contributed by atoms with Crippen molar-refractivity contribution in [2.24, 2.45) is 0 Å². The van der Waals surface area contributed by atoms with Crippen LogP contribution in [0.5, 0.6) is 0 Å². The van der Waals surface area contributed by atoms with E-state index in [1.165, 1.54) is 5.38 Å². The van der Waals surface area contributed by atoms with E-state index < -0.39 is 50.5 Å². The van der Waals surface area contributed by atoms with E-state index in [0.29, 0.717) is 0 Å². The quantitative estimate of drug-likeness (QED) is 0.204. The molecule has 0 spiro atoms. The zero-order valence-electron chi connectivity index (χ0n) is 15.7. The smallest absolute Gasteiger partial charge is 0.352 e. The van der Waals surface area contributed by atoms with Crippen LogP contribution in [0.2, 0.25) is 0 Å². The molecule has 31 heavy (non-hydrogen) atoms. The molecule has 3 unspecified atom stereocenters. The van der Waals surface area contributed by atoms with Gasteiger partial charge in [0.05, 0.1) is 5.69 Å². The van der Waals surface area contributed by atoms with Gasteiger partial charge in [-0.1, -0.05) is 0 Å². The summed E-state index contributed by atoms with van der Waals surface area (Å²) >= 11 is 1.96. The molecule has 3 rings (SSSR count). The number of esters is 1. The number of thiazole rings is 1. The fraction of sp³-hybridized carbons (Fsp3) is 0.400. The molecule has 3 heterocycles. The van der Waals surface area contributed by atoms with Crippen LogP contribution in [0.25, 0.3) is 0 Å². The van der Waals surface area contributed by atoms with Crippen LogP contribution in [0.3, 0.4) is 0 Å². The van der Waals surface area contributed by atoms with Gasteiger partial charge in [-0.15, -0.1) is 23.1 Å². The van der Waals surface area contributed by atoms with Gasteiger partial charge >= 0.3 is 11.9 Å². The van der Waals surface area contributed by atoms with Crippen LogP contribution in [0.1, 0.15) is 17.9 Å². The largest absolute Gasteiger partial charge is 0.477 e. The third kappa shape index (κ3) is 4.51. The van der Waals surface area contributed by atoms with Gasteiger partial charge in [-0.25, -0.2) is 9.78 Å². The normalized spacial score (nSPS) is 21.7. The number of aromatic nitrogens is 1. The fourth-order valence-electron chi connectivity index (χ4n) is 3.06. The molecule has 168 valence electrons. The molecule has 0 aliphatic carbocycles. The number of ether oxygens (including phenoxy) is 1. The summed E-state index contributed by atoms with van der Waals surface area (Å²) in [4.78, 5) is 52.5. The number of carboxylic acid groups (broad SMARTS) is 1. The highest BCUT2D eigenvalue weighted by Gasteiger charge is 2.55. The summed E-state index contributed by atoms with van der Waals surface area (Å²) < 4.78 is 37.8. The van der Waals surface area contributed by atoms with E-state index in [2.05, 4.69) is 10.3 Å². The Kier molecular flexibility index (Phi) is 6.26. The molecule has 2 amide bonds. The summed E-state index contributed by atoms with van der Waals surface area (Å²) in [6.45, 7) is 0.843. The van der Waals surface area contributed by atoms with Gasteiger partial charge in [0, 0.05) is 23.6 Å². The van der Waals surface area contributed by atoms with Gasteiger partial charge in [-0.05, 0) is 0 Å². The number of carboxylic acids is 1. The Hall–Kier alpha value is -2.69. The second kappa shape index (κ2) is 8.45. The molecule has 3 atom stereocenters. The van der Waals surface area contributed by atoms with Crippen molar-refractivity contribution in [1.82, 2.24) is 15.2 Å². The van der Waals surface area contributed by atoms with Crippen molar-refractivity contribution in [1.29, 1.82) is 0 Å². The second-order valence-corrected chi connectivity index (χ2v) is 9.94. The monoisotopic (exact) mass is 492 g/mol. The number of β-lactam (4-membered cyclic amide) rings is 1. The molecule has 13 nitrogen and oxygen atoms in total. The van der Waals surface area contributed by atoms with E-state index in [9.17, 15) is 37.3 Å². The third-order valence-corrected chi connectivity index (χ3v) is 7.42. The standard InChI is InChI=1S/C15H16N4O9S3/c1-5(20)28-2-6-3-29-13-8(12(22)19(13)9(6)14(23)24)18-11(21)10(31(25,26)27)7-4-30-15(16)17-7/h4,8,10,13H,2-3H2,1H3,(H2,16,17)(H,18,21)(H,23,24)(H,25,26,27). The molecular weight excluding hydrogens is 476 g/mol. The van der Waals surface area contributed by atoms with Crippen LogP contribution in [0.4, 0.5) is 5.13 Å². The number of amides is 2. The number of carbonyl (C=O) groups excluding carboxylic acids is 3. The number of anilines is 1. The van der Waals surface area contributed by atoms with Crippen molar-refractivity contribution < 1.29 is 42.0 Å². The lowest BCUT2D eigenvalue weighted by atomic mass is 10.0. The first-order chi connectivity index (χ1) is 14.4. The molecule has 0 bridgehead atoms. The number of aliphatic carboxylic acids is 1. The van der Waals surface area contributed by atoms with Crippen molar-refractivity contribution >= 4 is 62.1 Å². The maximum atomic E-state index is 12.6. The number of nitrogens with one attached hydrogen (secondary N) is 1. The lowest BCUT2D eigenvalue weighted by Crippen LogP contribution is -2.71. The van der Waals surface area contributed by atoms with Crippen LogP contribution in [-0.4, -0.2) is 75.5 Å². The Bertz CT molecular complexity index is 1100. The zero-order chi connectivity index (χ0) is 23.1. The molecule has 1 saturated heterocycles. The minimum absolute atomic E-state index is 0.0262. The third-order valence-electron chi connectivity index (χ3n) is 4.34. The highest BCUT2D eigenvalue weighted by molar-refractivity contribution is 8.00. The number of thioether (sulfide) groups is 1. The molecule has 2 aliphatic rings. The Morgan fingerprint density at radius 2 is 2.13 bits per heavy atom. The minimum Gasteiger partial charge on any atom is -0.477 e. The Balaban J connectivity index is 1.81. The molecule has 1 aromatic heterocycles. The van der Waals surface area contributed by atoms with E-state index in [-0.39, 0.29) is 34.5 Å². The van der Waals surface area contributed by atoms with Crippen LogP contribution in [0, 0.1) is 0 Å². The number of nitrogens with zero attached hydrogens (tertiary/aromatic N) is 2. The van der Waals surface area contributed by atoms with Gasteiger partial charge < -0.3 is 20.9 Å². The van der Waals surface area contributed by atoms with Crippen molar-refractivity contribution in [2.45, 2.75) is 23.6 Å². The minimum atomic E-state index is -4.94. The summed E-state index contributed by atoms with van der Waals surface area (Å²) in [6.07, 6.45) is 0. The first kappa shape index (κ1) is 23.0. The number of nitrogen functional groups attached to an aromatic ring is 1. The number of fused-ring (bicyclic) bond motifs is 1. The van der Waals surface area contributed by atoms with E-state index in [1.807, 2.05) is 0 Å². The van der Waals surface area contributed by atoms with Crippen molar-refractivity contribution in [3.05, 3.63) is 22.3 Å². The second-order valence-electron chi connectivity index (χ2n) is 6.44. The molecule has 16 heteroatoms. The van der Waals surface area contributed by atoms with Gasteiger partial charge in [-0.3, -0.25) is 23.8 Å². The summed E-state index contributed by atoms with van der Waals surface area (Å²) in [5.41, 5.74) is 4.99. The molecule has 2 aliphatic heterocycles. The average Bonchev–Trinajstić information content (AvgIpc) is 3.07. The molecular formula is C15H16N4O9S3. The van der Waals surface area contributed by atoms with Crippen molar-refractivity contribution in [2.75, 3.05) is 18.1 Å². The first-order valence-corrected chi connectivity index (χ1v) is 11.9. The molecule has 1 aromatic rings. The molecule has 0 radical (unpaired) electrons. The van der Waals surface area contributed by atoms with Gasteiger partial charge in [0.25, 0.3) is 16.0 Å². The Morgan fingerprint density at radius 1 is 1.45 bits per heavy atom. The molecule has 5 N–H and O–H groups in total. The maximum absolute atomic E-state index is 12.6. The number of nitrogens with two attached hydrogens (primary N) is 1. The van der Waals surface area contributed by atoms with Crippen molar-refractivity contribution in [3.63, 3.8) is 0 Å². The first-order valence-electron chi connectivity index (χ1n) is 8.42. The number of rotatable bonds is 7. The SMILES string of the molecule is CC(=O)OCC1=C(C(=O)O)N2C(=O)C(NC(=O)C(c3csc(N)n3)S(=O)(=O)O)C2SC1. The number of hydrogen-bond donors (Lipinski definition) is 4. The summed E-state index contributed by atoms with van der Waals surface area (Å²) in [5, 5.41) is 9.97. The van der Waals surface area contributed by atoms with Crippen LogP contribution in [-0.2, 0) is 34.0 Å². The number of hydrogen-bond acceptors (Lipinski definition) is 11. The lowest BCUT2D eigenvalue weighted by molar-refractivity contribution is -0.151. The highest BCUT2D eigenvalue weighted by Crippen LogP contribution is 2.40. The van der Waals surface area contributed by atoms with E-state index in [4.69, 9.17) is 10.5 Å². The topological polar surface area (TPSA) is 206 Å². The van der Waals surface area contributed by atoms with Gasteiger partial charge in [0.1, 0.15) is 23.7 Å². The predicted molar refractivity (Wildman–Crippen MR) is 107 cm³/mol. The number of carbonyl (C=O) groups is 4. The fourth-order valence-corrected chi connectivity index (χ4v) is 5.82.